The molecule has 150 valence electrons. The van der Waals surface area contributed by atoms with Crippen molar-refractivity contribution in [2.75, 3.05) is 23.3 Å². The fourth-order valence-corrected chi connectivity index (χ4v) is 4.09. The summed E-state index contributed by atoms with van der Waals surface area (Å²) in [6.07, 6.45) is 2.64. The molecule has 0 saturated carbocycles. The maximum absolute atomic E-state index is 5.51. The van der Waals surface area contributed by atoms with Crippen LogP contribution in [0.3, 0.4) is 0 Å². The molecule has 2 aromatic rings. The van der Waals surface area contributed by atoms with Crippen LogP contribution in [-0.2, 0) is 0 Å². The van der Waals surface area contributed by atoms with Gasteiger partial charge in [0, 0.05) is 24.5 Å². The number of piperidine rings is 1. The van der Waals surface area contributed by atoms with Crippen LogP contribution < -0.4 is 15.5 Å². The largest absolute Gasteiger partial charge is 0.371 e. The van der Waals surface area contributed by atoms with Crippen molar-refractivity contribution in [3.63, 3.8) is 0 Å². The zero-order valence-electron chi connectivity index (χ0n) is 17.5. The van der Waals surface area contributed by atoms with Gasteiger partial charge in [-0.1, -0.05) is 45.0 Å². The molecule has 28 heavy (non-hydrogen) atoms. The summed E-state index contributed by atoms with van der Waals surface area (Å²) in [5.41, 5.74) is 4.92. The van der Waals surface area contributed by atoms with Gasteiger partial charge in [0.25, 0.3) is 0 Å². The monoisotopic (exact) mass is 395 g/mol. The lowest BCUT2D eigenvalue weighted by Gasteiger charge is -2.33. The number of hydrogen-bond acceptors (Lipinski definition) is 2. The van der Waals surface area contributed by atoms with Crippen LogP contribution in [0.5, 0.6) is 0 Å². The zero-order valence-corrected chi connectivity index (χ0v) is 18.4. The van der Waals surface area contributed by atoms with Gasteiger partial charge >= 0.3 is 0 Å². The Morgan fingerprint density at radius 3 is 2.25 bits per heavy atom. The Hall–Kier alpha value is -2.07. The standard InChI is InChI=1S/C24H33N3S/c1-17(2)20-7-11-22(12-8-20)26-24(28)25-19(4)21-9-13-23(14-10-21)27-15-5-6-18(3)16-27/h7-14,17-19H,5-6,15-16H2,1-4H3,(H2,25,26,28)/t18-,19-/m1/s1. The van der Waals surface area contributed by atoms with Gasteiger partial charge < -0.3 is 15.5 Å². The molecule has 0 spiro atoms. The predicted octanol–water partition coefficient (Wildman–Crippen LogP) is 6.09. The van der Waals surface area contributed by atoms with Crippen molar-refractivity contribution in [3.8, 4) is 0 Å². The van der Waals surface area contributed by atoms with Crippen molar-refractivity contribution in [2.24, 2.45) is 5.92 Å². The van der Waals surface area contributed by atoms with E-state index in [2.05, 4.69) is 91.8 Å². The molecule has 3 nitrogen and oxygen atoms in total. The van der Waals surface area contributed by atoms with Crippen LogP contribution in [0.2, 0.25) is 0 Å². The highest BCUT2D eigenvalue weighted by atomic mass is 32.1. The van der Waals surface area contributed by atoms with E-state index in [1.54, 1.807) is 0 Å². The first-order valence-electron chi connectivity index (χ1n) is 10.4. The van der Waals surface area contributed by atoms with E-state index in [0.29, 0.717) is 11.0 Å². The van der Waals surface area contributed by atoms with Crippen LogP contribution in [0.1, 0.15) is 63.6 Å². The van der Waals surface area contributed by atoms with Crippen LogP contribution in [-0.4, -0.2) is 18.2 Å². The first-order chi connectivity index (χ1) is 13.4. The van der Waals surface area contributed by atoms with Crippen LogP contribution in [0.15, 0.2) is 48.5 Å². The molecule has 1 heterocycles. The minimum atomic E-state index is 0.157. The Morgan fingerprint density at radius 1 is 1.00 bits per heavy atom. The number of anilines is 2. The molecule has 2 N–H and O–H groups in total. The van der Waals surface area contributed by atoms with E-state index in [4.69, 9.17) is 12.2 Å². The number of rotatable bonds is 5. The fraction of sp³-hybridized carbons (Fsp3) is 0.458. The molecule has 0 amide bonds. The summed E-state index contributed by atoms with van der Waals surface area (Å²) in [4.78, 5) is 2.50. The van der Waals surface area contributed by atoms with E-state index >= 15 is 0 Å². The van der Waals surface area contributed by atoms with Crippen LogP contribution in [0.25, 0.3) is 0 Å². The summed E-state index contributed by atoms with van der Waals surface area (Å²) in [7, 11) is 0. The second kappa shape index (κ2) is 9.42. The van der Waals surface area contributed by atoms with Gasteiger partial charge in [-0.2, -0.15) is 0 Å². The van der Waals surface area contributed by atoms with Gasteiger partial charge in [-0.25, -0.2) is 0 Å². The molecule has 1 aliphatic rings. The minimum absolute atomic E-state index is 0.157. The van der Waals surface area contributed by atoms with Crippen LogP contribution in [0, 0.1) is 5.92 Å². The smallest absolute Gasteiger partial charge is 0.171 e. The summed E-state index contributed by atoms with van der Waals surface area (Å²) in [5, 5.41) is 7.34. The van der Waals surface area contributed by atoms with E-state index in [1.807, 2.05) is 0 Å². The molecule has 1 aliphatic heterocycles. The first kappa shape index (κ1) is 20.7. The predicted molar refractivity (Wildman–Crippen MR) is 125 cm³/mol. The lowest BCUT2D eigenvalue weighted by atomic mass is 9.99. The Morgan fingerprint density at radius 2 is 1.64 bits per heavy atom. The number of thiocarbonyl (C=S) groups is 1. The molecule has 3 rings (SSSR count). The molecule has 4 heteroatoms. The Bertz CT molecular complexity index is 767. The zero-order chi connectivity index (χ0) is 20.1. The lowest BCUT2D eigenvalue weighted by molar-refractivity contribution is 0.447. The highest BCUT2D eigenvalue weighted by molar-refractivity contribution is 7.80. The number of benzene rings is 2. The first-order valence-corrected chi connectivity index (χ1v) is 10.9. The quantitative estimate of drug-likeness (QED) is 0.599. The third kappa shape index (κ3) is 5.48. The van der Waals surface area contributed by atoms with Gasteiger partial charge in [-0.15, -0.1) is 0 Å². The van der Waals surface area contributed by atoms with Crippen LogP contribution >= 0.6 is 12.2 Å². The van der Waals surface area contributed by atoms with E-state index in [1.165, 1.54) is 36.2 Å². The maximum Gasteiger partial charge on any atom is 0.171 e. The van der Waals surface area contributed by atoms with Crippen molar-refractivity contribution < 1.29 is 0 Å². The summed E-state index contributed by atoms with van der Waals surface area (Å²) >= 11 is 5.51. The highest BCUT2D eigenvalue weighted by Gasteiger charge is 2.17. The molecule has 2 aromatic carbocycles. The molecule has 1 saturated heterocycles. The SMILES string of the molecule is CC(C)c1ccc(NC(=S)N[C@H](C)c2ccc(N3CCC[C@@H](C)C3)cc2)cc1. The Balaban J connectivity index is 1.54. The lowest BCUT2D eigenvalue weighted by Crippen LogP contribution is -2.34. The third-order valence-corrected chi connectivity index (χ3v) is 5.82. The molecular weight excluding hydrogens is 362 g/mol. The van der Waals surface area contributed by atoms with Gasteiger partial charge in [0.1, 0.15) is 0 Å². The Labute approximate surface area is 175 Å². The molecule has 0 bridgehead atoms. The van der Waals surface area contributed by atoms with Crippen molar-refractivity contribution >= 4 is 28.7 Å². The number of hydrogen-bond donors (Lipinski definition) is 2. The van der Waals surface area contributed by atoms with Crippen molar-refractivity contribution in [1.29, 1.82) is 0 Å². The average Bonchev–Trinajstić information content (AvgIpc) is 2.68. The van der Waals surface area contributed by atoms with E-state index in [-0.39, 0.29) is 6.04 Å². The summed E-state index contributed by atoms with van der Waals surface area (Å²) < 4.78 is 0. The van der Waals surface area contributed by atoms with Crippen molar-refractivity contribution in [1.82, 2.24) is 5.32 Å². The summed E-state index contributed by atoms with van der Waals surface area (Å²) in [6, 6.07) is 17.5. The highest BCUT2D eigenvalue weighted by Crippen LogP contribution is 2.25. The molecule has 0 aromatic heterocycles. The molecule has 2 atom stereocenters. The summed E-state index contributed by atoms with van der Waals surface area (Å²) in [6.45, 7) is 11.2. The van der Waals surface area contributed by atoms with Gasteiger partial charge in [-0.3, -0.25) is 0 Å². The third-order valence-electron chi connectivity index (χ3n) is 5.60. The van der Waals surface area contributed by atoms with Crippen molar-refractivity contribution in [3.05, 3.63) is 59.7 Å². The summed E-state index contributed by atoms with van der Waals surface area (Å²) in [5.74, 6) is 1.32. The number of nitrogens with one attached hydrogen (secondary N) is 2. The second-order valence-corrected chi connectivity index (χ2v) is 8.79. The molecule has 0 unspecified atom stereocenters. The fourth-order valence-electron chi connectivity index (χ4n) is 3.80. The maximum atomic E-state index is 5.51. The molecule has 0 aliphatic carbocycles. The van der Waals surface area contributed by atoms with E-state index in [9.17, 15) is 0 Å². The molecule has 0 radical (unpaired) electrons. The van der Waals surface area contributed by atoms with Gasteiger partial charge in [0.05, 0.1) is 6.04 Å². The van der Waals surface area contributed by atoms with Crippen LogP contribution in [0.4, 0.5) is 11.4 Å². The molecular formula is C24H33N3S. The van der Waals surface area contributed by atoms with Crippen molar-refractivity contribution in [2.45, 2.75) is 52.5 Å². The van der Waals surface area contributed by atoms with E-state index in [0.717, 1.165) is 18.2 Å². The molecule has 1 fully saturated rings. The normalized spacial score (nSPS) is 18.0. The van der Waals surface area contributed by atoms with E-state index < -0.39 is 0 Å². The topological polar surface area (TPSA) is 27.3 Å². The number of nitrogens with zero attached hydrogens (tertiary/aromatic N) is 1. The van der Waals surface area contributed by atoms with Gasteiger partial charge in [-0.05, 0) is 79.2 Å². The van der Waals surface area contributed by atoms with Gasteiger partial charge in [0.15, 0.2) is 5.11 Å². The average molecular weight is 396 g/mol. The minimum Gasteiger partial charge on any atom is -0.371 e. The second-order valence-electron chi connectivity index (χ2n) is 8.38. The van der Waals surface area contributed by atoms with Gasteiger partial charge in [0.2, 0.25) is 0 Å². The Kier molecular flexibility index (Phi) is 6.95.